The Morgan fingerprint density at radius 2 is 1.36 bits per heavy atom. The first-order valence-corrected chi connectivity index (χ1v) is 20.9. The molecule has 7 aromatic carbocycles. The van der Waals surface area contributed by atoms with E-state index < -0.39 is 0 Å². The Hall–Kier alpha value is -7.90. The monoisotopic (exact) mass is 789 g/mol. The zero-order valence-corrected chi connectivity index (χ0v) is 33.5. The van der Waals surface area contributed by atoms with Gasteiger partial charge in [0.05, 0.1) is 33.5 Å². The molecule has 0 saturated heterocycles. The summed E-state index contributed by atoms with van der Waals surface area (Å²) in [5.74, 6) is 0.862. The Balaban J connectivity index is 1.18. The van der Waals surface area contributed by atoms with Crippen molar-refractivity contribution >= 4 is 61.6 Å². The number of nitrogens with zero attached hydrogens (tertiary/aromatic N) is 4. The van der Waals surface area contributed by atoms with E-state index in [0.717, 1.165) is 96.1 Å². The quantitative estimate of drug-likeness (QED) is 0.106. The van der Waals surface area contributed by atoms with Crippen molar-refractivity contribution < 1.29 is 0 Å². The summed E-state index contributed by atoms with van der Waals surface area (Å²) in [5.41, 5.74) is 27.6. The number of hydrogen-bond donors (Lipinski definition) is 3. The molecule has 9 aromatic rings. The highest BCUT2D eigenvalue weighted by atomic mass is 15.2. The summed E-state index contributed by atoms with van der Waals surface area (Å²) in [5, 5.41) is 12.7. The van der Waals surface area contributed by atoms with Gasteiger partial charge in [0.1, 0.15) is 17.5 Å². The standard InChI is InChI=1S/C54H43N7/c55-52(36-19-7-2-8-20-36)58-53(56)48-42-27-14-13-25-40(42)45-33-39(29-30-43(45)48)60-46-28-16-15-26-41(46)44-31-32-47-49(50(44)60)51(54(57)61(47)38-23-11-4-12-24-38)59(37-21-9-3-10-22-37)34-35-17-5-1-6-18-35/h2-5,7-33,48H,1,6,34,57H2,(H3,55,56,58). The van der Waals surface area contributed by atoms with Crippen LogP contribution in [-0.2, 0) is 0 Å². The summed E-state index contributed by atoms with van der Waals surface area (Å²) in [6.07, 6.45) is 8.95. The number of aromatic nitrogens is 2. The maximum atomic E-state index is 9.35. The van der Waals surface area contributed by atoms with Crippen LogP contribution in [0.25, 0.3) is 55.2 Å². The Kier molecular flexibility index (Phi) is 8.74. The molecule has 0 bridgehead atoms. The molecule has 7 heteroatoms. The molecule has 1 unspecified atom stereocenters. The van der Waals surface area contributed by atoms with E-state index in [9.17, 15) is 5.41 Å². The summed E-state index contributed by atoms with van der Waals surface area (Å²) in [4.78, 5) is 7.09. The van der Waals surface area contributed by atoms with Crippen molar-refractivity contribution in [3.05, 3.63) is 210 Å². The Bertz CT molecular complexity index is 3260. The van der Waals surface area contributed by atoms with Gasteiger partial charge in [0, 0.05) is 39.9 Å². The second-order valence-corrected chi connectivity index (χ2v) is 15.8. The van der Waals surface area contributed by atoms with E-state index in [1.165, 1.54) is 5.57 Å². The van der Waals surface area contributed by atoms with Crippen LogP contribution in [0.1, 0.15) is 35.4 Å². The summed E-state index contributed by atoms with van der Waals surface area (Å²) < 4.78 is 4.63. The van der Waals surface area contributed by atoms with Crippen molar-refractivity contribution in [2.75, 3.05) is 17.2 Å². The van der Waals surface area contributed by atoms with Crippen LogP contribution in [0.3, 0.4) is 0 Å². The molecule has 0 radical (unpaired) electrons. The molecule has 0 amide bonds. The molecule has 2 aliphatic rings. The highest BCUT2D eigenvalue weighted by molar-refractivity contribution is 6.24. The first-order chi connectivity index (χ1) is 30.0. The van der Waals surface area contributed by atoms with Gasteiger partial charge in [0.25, 0.3) is 0 Å². The lowest BCUT2D eigenvalue weighted by atomic mass is 9.95. The van der Waals surface area contributed by atoms with Crippen LogP contribution in [-0.4, -0.2) is 27.4 Å². The zero-order valence-electron chi connectivity index (χ0n) is 33.5. The predicted octanol–water partition coefficient (Wildman–Crippen LogP) is 12.2. The fraction of sp³-hybridized carbons (Fsp3) is 0.0741. The van der Waals surface area contributed by atoms with Crippen LogP contribution in [0.4, 0.5) is 17.2 Å². The number of aliphatic imine (C=N–C) groups is 1. The van der Waals surface area contributed by atoms with Crippen molar-refractivity contribution in [1.82, 2.24) is 9.13 Å². The molecule has 0 saturated carbocycles. The second kappa shape index (κ2) is 14.7. The molecule has 2 heterocycles. The number of rotatable bonds is 8. The van der Waals surface area contributed by atoms with Crippen LogP contribution in [0, 0.1) is 5.41 Å². The van der Waals surface area contributed by atoms with Gasteiger partial charge in [0.15, 0.2) is 0 Å². The van der Waals surface area contributed by atoms with Crippen molar-refractivity contribution in [2.45, 2.75) is 18.8 Å². The Morgan fingerprint density at radius 1 is 0.656 bits per heavy atom. The summed E-state index contributed by atoms with van der Waals surface area (Å²) in [6.45, 7) is 0.662. The van der Waals surface area contributed by atoms with Crippen LogP contribution in [0.2, 0.25) is 0 Å². The number of anilines is 3. The molecule has 0 spiro atoms. The highest BCUT2D eigenvalue weighted by Crippen LogP contribution is 2.50. The second-order valence-electron chi connectivity index (χ2n) is 15.8. The lowest BCUT2D eigenvalue weighted by molar-refractivity contribution is 0.975. The fourth-order valence-corrected chi connectivity index (χ4v) is 9.59. The van der Waals surface area contributed by atoms with Gasteiger partial charge in [-0.05, 0) is 89.2 Å². The Labute approximate surface area is 354 Å². The minimum atomic E-state index is -0.360. The molecule has 294 valence electrons. The van der Waals surface area contributed by atoms with Gasteiger partial charge in [-0.3, -0.25) is 9.98 Å². The van der Waals surface area contributed by atoms with E-state index in [0.29, 0.717) is 18.2 Å². The molecule has 61 heavy (non-hydrogen) atoms. The largest absolute Gasteiger partial charge is 0.383 e. The molecule has 7 nitrogen and oxygen atoms in total. The minimum absolute atomic E-state index is 0.213. The van der Waals surface area contributed by atoms with Crippen molar-refractivity contribution in [3.8, 4) is 22.5 Å². The Morgan fingerprint density at radius 3 is 2.15 bits per heavy atom. The van der Waals surface area contributed by atoms with Crippen LogP contribution in [0.5, 0.6) is 0 Å². The highest BCUT2D eigenvalue weighted by Gasteiger charge is 2.33. The summed E-state index contributed by atoms with van der Waals surface area (Å²) in [6, 6.07) is 59.0. The first kappa shape index (κ1) is 36.2. The molecule has 1 atom stereocenters. The van der Waals surface area contributed by atoms with Gasteiger partial charge in [-0.25, -0.2) is 4.99 Å². The normalized spacial score (nSPS) is 14.7. The number of para-hydroxylation sites is 3. The van der Waals surface area contributed by atoms with Crippen LogP contribution < -0.4 is 16.4 Å². The lowest BCUT2D eigenvalue weighted by Gasteiger charge is -2.27. The van der Waals surface area contributed by atoms with E-state index in [2.05, 4.69) is 165 Å². The minimum Gasteiger partial charge on any atom is -0.383 e. The van der Waals surface area contributed by atoms with Gasteiger partial charge in [-0.1, -0.05) is 140 Å². The number of nitrogens with one attached hydrogen (secondary N) is 1. The van der Waals surface area contributed by atoms with E-state index in [1.54, 1.807) is 0 Å². The molecule has 2 aromatic heterocycles. The van der Waals surface area contributed by atoms with E-state index >= 15 is 0 Å². The fourth-order valence-electron chi connectivity index (χ4n) is 9.59. The van der Waals surface area contributed by atoms with Crippen molar-refractivity contribution in [3.63, 3.8) is 0 Å². The maximum absolute atomic E-state index is 9.35. The molecular formula is C54H43N7. The smallest absolute Gasteiger partial charge is 0.135 e. The first-order valence-electron chi connectivity index (χ1n) is 20.9. The van der Waals surface area contributed by atoms with Gasteiger partial charge >= 0.3 is 0 Å². The van der Waals surface area contributed by atoms with Gasteiger partial charge in [0.2, 0.25) is 0 Å². The van der Waals surface area contributed by atoms with Gasteiger partial charge in [-0.2, -0.15) is 0 Å². The third kappa shape index (κ3) is 5.96. The molecule has 2 aliphatic carbocycles. The topological polar surface area (TPSA) is 101 Å². The van der Waals surface area contributed by atoms with Crippen molar-refractivity contribution in [2.24, 2.45) is 10.7 Å². The number of amidine groups is 2. The van der Waals surface area contributed by atoms with E-state index in [1.807, 2.05) is 42.5 Å². The third-order valence-electron chi connectivity index (χ3n) is 12.3. The number of hydrogen-bond acceptors (Lipinski definition) is 3. The van der Waals surface area contributed by atoms with Gasteiger partial charge < -0.3 is 20.9 Å². The molecule has 0 aliphatic heterocycles. The maximum Gasteiger partial charge on any atom is 0.135 e. The number of allylic oxidation sites excluding steroid dienone is 2. The number of benzene rings is 7. The third-order valence-corrected chi connectivity index (χ3v) is 12.3. The molecule has 11 rings (SSSR count). The zero-order chi connectivity index (χ0) is 41.0. The molecule has 5 N–H and O–H groups in total. The average molecular weight is 790 g/mol. The molecule has 0 fully saturated rings. The van der Waals surface area contributed by atoms with Crippen LogP contribution in [0.15, 0.2) is 199 Å². The van der Waals surface area contributed by atoms with E-state index in [-0.39, 0.29) is 11.8 Å². The average Bonchev–Trinajstić information content (AvgIpc) is 3.94. The summed E-state index contributed by atoms with van der Waals surface area (Å²) in [7, 11) is 0. The van der Waals surface area contributed by atoms with E-state index in [4.69, 9.17) is 11.5 Å². The predicted molar refractivity (Wildman–Crippen MR) is 254 cm³/mol. The SMILES string of the molecule is N=C(N=C(N)c1ccccc1)C1c2ccccc2-c2cc(-n3c4ccccc4c4ccc5c(c(N(CC6=CCCC=C6)c6ccccc6)c(N)n5-c5ccccc5)c43)ccc21. The molecular weight excluding hydrogens is 747 g/mol. The van der Waals surface area contributed by atoms with Crippen molar-refractivity contribution in [1.29, 1.82) is 5.41 Å². The number of nitrogen functional groups attached to an aromatic ring is 1. The lowest BCUT2D eigenvalue weighted by Crippen LogP contribution is -2.21. The summed E-state index contributed by atoms with van der Waals surface area (Å²) >= 11 is 0. The van der Waals surface area contributed by atoms with Crippen LogP contribution >= 0.6 is 0 Å². The number of nitrogens with two attached hydrogens (primary N) is 2. The number of fused-ring (bicyclic) bond motifs is 8. The van der Waals surface area contributed by atoms with Gasteiger partial charge in [-0.15, -0.1) is 0 Å².